The van der Waals surface area contributed by atoms with Crippen molar-refractivity contribution in [2.45, 2.75) is 31.9 Å². The van der Waals surface area contributed by atoms with E-state index in [9.17, 15) is 8.78 Å². The van der Waals surface area contributed by atoms with Gasteiger partial charge in [0, 0.05) is 12.5 Å². The van der Waals surface area contributed by atoms with Crippen molar-refractivity contribution in [2.24, 2.45) is 0 Å². The molecule has 1 unspecified atom stereocenters. The minimum atomic E-state index is -1.41. The lowest BCUT2D eigenvalue weighted by atomic mass is 9.91. The highest BCUT2D eigenvalue weighted by molar-refractivity contribution is 5.32. The number of nitrogens with one attached hydrogen (secondary N) is 1. The first-order chi connectivity index (χ1) is 7.48. The maximum atomic E-state index is 13.8. The Morgan fingerprint density at radius 3 is 2.69 bits per heavy atom. The summed E-state index contributed by atoms with van der Waals surface area (Å²) in [5.74, 6) is -0.0380. The molecule has 0 amide bonds. The molecule has 0 bridgehead atoms. The van der Waals surface area contributed by atoms with Gasteiger partial charge in [-0.05, 0) is 50.1 Å². The first-order valence-corrected chi connectivity index (χ1v) is 5.68. The van der Waals surface area contributed by atoms with Crippen molar-refractivity contribution in [3.63, 3.8) is 0 Å². The van der Waals surface area contributed by atoms with Crippen molar-refractivity contribution in [2.75, 3.05) is 13.1 Å². The Bertz CT molecular complexity index is 376. The third-order valence-electron chi connectivity index (χ3n) is 3.18. The van der Waals surface area contributed by atoms with Crippen molar-refractivity contribution in [1.29, 1.82) is 0 Å². The van der Waals surface area contributed by atoms with Crippen molar-refractivity contribution in [3.8, 4) is 0 Å². The summed E-state index contributed by atoms with van der Waals surface area (Å²) in [4.78, 5) is 0. The van der Waals surface area contributed by atoms with Gasteiger partial charge in [-0.2, -0.15) is 0 Å². The van der Waals surface area contributed by atoms with Crippen LogP contribution in [0.5, 0.6) is 0 Å². The van der Waals surface area contributed by atoms with E-state index in [1.54, 1.807) is 6.07 Å². The van der Waals surface area contributed by atoms with Crippen LogP contribution in [0.2, 0.25) is 0 Å². The minimum Gasteiger partial charge on any atom is -0.316 e. The Labute approximate surface area is 94.9 Å². The van der Waals surface area contributed by atoms with Gasteiger partial charge in [-0.25, -0.2) is 8.78 Å². The van der Waals surface area contributed by atoms with Gasteiger partial charge in [-0.1, -0.05) is 6.07 Å². The fraction of sp³-hybridized carbons (Fsp3) is 0.538. The molecule has 1 heterocycles. The fourth-order valence-corrected chi connectivity index (χ4v) is 2.15. The van der Waals surface area contributed by atoms with Gasteiger partial charge in [0.25, 0.3) is 0 Å². The van der Waals surface area contributed by atoms with Gasteiger partial charge in [0.2, 0.25) is 0 Å². The molecule has 3 heteroatoms. The Kier molecular flexibility index (Phi) is 2.98. The van der Waals surface area contributed by atoms with E-state index in [-0.39, 0.29) is 11.7 Å². The number of hydrogen-bond donors (Lipinski definition) is 1. The van der Waals surface area contributed by atoms with Crippen molar-refractivity contribution in [3.05, 3.63) is 35.1 Å². The molecule has 0 spiro atoms. The van der Waals surface area contributed by atoms with Gasteiger partial charge in [0.1, 0.15) is 11.5 Å². The molecule has 1 aromatic rings. The van der Waals surface area contributed by atoms with Crippen molar-refractivity contribution in [1.82, 2.24) is 5.32 Å². The smallest absolute Gasteiger partial charge is 0.130 e. The summed E-state index contributed by atoms with van der Waals surface area (Å²) in [5.41, 5.74) is -0.210. The number of halogens is 2. The zero-order valence-corrected chi connectivity index (χ0v) is 9.69. The monoisotopic (exact) mass is 225 g/mol. The summed E-state index contributed by atoms with van der Waals surface area (Å²) in [6.07, 6.45) is 0.924. The van der Waals surface area contributed by atoms with E-state index in [2.05, 4.69) is 5.32 Å². The van der Waals surface area contributed by atoms with Crippen LogP contribution in [-0.4, -0.2) is 13.1 Å². The van der Waals surface area contributed by atoms with Crippen LogP contribution in [-0.2, 0) is 5.67 Å². The van der Waals surface area contributed by atoms with Gasteiger partial charge in [0.15, 0.2) is 0 Å². The quantitative estimate of drug-likeness (QED) is 0.815. The van der Waals surface area contributed by atoms with E-state index in [4.69, 9.17) is 0 Å². The van der Waals surface area contributed by atoms with Crippen LogP contribution >= 0.6 is 0 Å². The fourth-order valence-electron chi connectivity index (χ4n) is 2.15. The highest BCUT2D eigenvalue weighted by Gasteiger charge is 2.24. The van der Waals surface area contributed by atoms with E-state index >= 15 is 0 Å². The molecule has 1 atom stereocenters. The molecule has 1 aliphatic heterocycles. The second-order valence-corrected chi connectivity index (χ2v) is 4.90. The van der Waals surface area contributed by atoms with E-state index in [0.29, 0.717) is 11.1 Å². The first-order valence-electron chi connectivity index (χ1n) is 5.68. The Balaban J connectivity index is 2.36. The van der Waals surface area contributed by atoms with Gasteiger partial charge in [0.05, 0.1) is 0 Å². The third-order valence-corrected chi connectivity index (χ3v) is 3.18. The molecular formula is C13H17F2N. The lowest BCUT2D eigenvalue weighted by molar-refractivity contribution is 0.221. The van der Waals surface area contributed by atoms with Gasteiger partial charge >= 0.3 is 0 Å². The van der Waals surface area contributed by atoms with Crippen LogP contribution < -0.4 is 5.32 Å². The van der Waals surface area contributed by atoms with E-state index in [1.165, 1.54) is 26.0 Å². The molecule has 1 aliphatic rings. The second-order valence-electron chi connectivity index (χ2n) is 4.90. The molecule has 16 heavy (non-hydrogen) atoms. The molecule has 1 nitrogen and oxygen atoms in total. The standard InChI is InChI=1S/C13H17F2N/c1-13(2,15)10-3-4-12(14)11(7-10)9-5-6-16-8-9/h3-4,7,9,16H,5-6,8H2,1-2H3. The van der Waals surface area contributed by atoms with E-state index < -0.39 is 5.67 Å². The average molecular weight is 225 g/mol. The summed E-state index contributed by atoms with van der Waals surface area (Å²) in [7, 11) is 0. The predicted molar refractivity (Wildman–Crippen MR) is 60.8 cm³/mol. The van der Waals surface area contributed by atoms with E-state index in [0.717, 1.165) is 19.5 Å². The molecule has 1 aromatic carbocycles. The molecule has 0 aromatic heterocycles. The molecule has 1 N–H and O–H groups in total. The predicted octanol–water partition coefficient (Wildman–Crippen LogP) is 3.11. The summed E-state index contributed by atoms with van der Waals surface area (Å²) in [6.45, 7) is 4.69. The number of alkyl halides is 1. The molecule has 88 valence electrons. The third kappa shape index (κ3) is 2.24. The van der Waals surface area contributed by atoms with Crippen molar-refractivity contribution >= 4 is 0 Å². The number of rotatable bonds is 2. The lowest BCUT2D eigenvalue weighted by Gasteiger charge is -2.18. The highest BCUT2D eigenvalue weighted by Crippen LogP contribution is 2.31. The maximum Gasteiger partial charge on any atom is 0.130 e. The summed E-state index contributed by atoms with van der Waals surface area (Å²) >= 11 is 0. The molecule has 0 saturated carbocycles. The highest BCUT2D eigenvalue weighted by atomic mass is 19.1. The van der Waals surface area contributed by atoms with Gasteiger partial charge in [-0.15, -0.1) is 0 Å². The van der Waals surface area contributed by atoms with Crippen LogP contribution in [0.4, 0.5) is 8.78 Å². The molecular weight excluding hydrogens is 208 g/mol. The summed E-state index contributed by atoms with van der Waals surface area (Å²) in [6, 6.07) is 4.58. The number of benzene rings is 1. The molecule has 1 saturated heterocycles. The topological polar surface area (TPSA) is 12.0 Å². The largest absolute Gasteiger partial charge is 0.316 e. The Hall–Kier alpha value is -0.960. The Morgan fingerprint density at radius 2 is 2.12 bits per heavy atom. The molecule has 1 fully saturated rings. The second kappa shape index (κ2) is 4.13. The average Bonchev–Trinajstić information content (AvgIpc) is 2.69. The SMILES string of the molecule is CC(C)(F)c1ccc(F)c(C2CCNC2)c1. The van der Waals surface area contributed by atoms with Crippen LogP contribution in [0.15, 0.2) is 18.2 Å². The zero-order chi connectivity index (χ0) is 11.8. The van der Waals surface area contributed by atoms with Crippen molar-refractivity contribution < 1.29 is 8.78 Å². The maximum absolute atomic E-state index is 13.8. The van der Waals surface area contributed by atoms with E-state index in [1.807, 2.05) is 0 Å². The van der Waals surface area contributed by atoms with Crippen LogP contribution in [0, 0.1) is 5.82 Å². The molecule has 0 radical (unpaired) electrons. The van der Waals surface area contributed by atoms with Crippen LogP contribution in [0.25, 0.3) is 0 Å². The number of hydrogen-bond acceptors (Lipinski definition) is 1. The summed E-state index contributed by atoms with van der Waals surface area (Å²) in [5, 5.41) is 3.20. The Morgan fingerprint density at radius 1 is 1.38 bits per heavy atom. The summed E-state index contributed by atoms with van der Waals surface area (Å²) < 4.78 is 27.4. The molecule has 2 rings (SSSR count). The van der Waals surface area contributed by atoms with Crippen LogP contribution in [0.3, 0.4) is 0 Å². The normalized spacial score (nSPS) is 21.4. The lowest BCUT2D eigenvalue weighted by Crippen LogP contribution is -2.13. The van der Waals surface area contributed by atoms with Crippen LogP contribution in [0.1, 0.15) is 37.3 Å². The molecule has 0 aliphatic carbocycles. The van der Waals surface area contributed by atoms with Gasteiger partial charge < -0.3 is 5.32 Å². The first kappa shape index (κ1) is 11.5. The van der Waals surface area contributed by atoms with Gasteiger partial charge in [-0.3, -0.25) is 0 Å². The zero-order valence-electron chi connectivity index (χ0n) is 9.69. The minimum absolute atomic E-state index is 0.183.